The lowest BCUT2D eigenvalue weighted by atomic mass is 9.96. The average molecular weight is 320 g/mol. The maximum atomic E-state index is 12.6. The van der Waals surface area contributed by atoms with Crippen LogP contribution >= 0.6 is 0 Å². The van der Waals surface area contributed by atoms with Gasteiger partial charge in [0.05, 0.1) is 5.92 Å². The minimum absolute atomic E-state index is 0.000148. The monoisotopic (exact) mass is 320 g/mol. The Hall–Kier alpha value is -1.27. The predicted molar refractivity (Wildman–Crippen MR) is 75.0 cm³/mol. The molecule has 0 aromatic heterocycles. The quantitative estimate of drug-likeness (QED) is 0.799. The van der Waals surface area contributed by atoms with Crippen LogP contribution in [0.1, 0.15) is 44.9 Å². The van der Waals surface area contributed by atoms with Crippen molar-refractivity contribution >= 4 is 11.8 Å². The Morgan fingerprint density at radius 3 is 2.41 bits per heavy atom. The van der Waals surface area contributed by atoms with Crippen LogP contribution < -0.4 is 0 Å². The van der Waals surface area contributed by atoms with E-state index in [0.29, 0.717) is 25.8 Å². The summed E-state index contributed by atoms with van der Waals surface area (Å²) in [7, 11) is 0. The van der Waals surface area contributed by atoms with Crippen molar-refractivity contribution in [3.05, 3.63) is 0 Å². The van der Waals surface area contributed by atoms with Crippen LogP contribution in [-0.2, 0) is 9.59 Å². The maximum absolute atomic E-state index is 12.6. The molecule has 2 heterocycles. The van der Waals surface area contributed by atoms with Crippen molar-refractivity contribution in [2.24, 2.45) is 5.92 Å². The molecular weight excluding hydrogens is 297 g/mol. The summed E-state index contributed by atoms with van der Waals surface area (Å²) in [5.74, 6) is -1.22. The third-order valence-corrected chi connectivity index (χ3v) is 4.55. The smallest absolute Gasteiger partial charge is 0.343 e. The molecule has 0 saturated carbocycles. The van der Waals surface area contributed by atoms with Gasteiger partial charge in [0.25, 0.3) is 0 Å². The van der Waals surface area contributed by atoms with Gasteiger partial charge >= 0.3 is 6.18 Å². The van der Waals surface area contributed by atoms with E-state index in [1.807, 2.05) is 0 Å². The molecular formula is C15H23F3N2O2. The number of carbonyl (C=O) groups excluding carboxylic acids is 2. The molecule has 4 nitrogen and oxygen atoms in total. The summed E-state index contributed by atoms with van der Waals surface area (Å²) in [6.45, 7) is 1.70. The lowest BCUT2D eigenvalue weighted by Crippen LogP contribution is -2.42. The summed E-state index contributed by atoms with van der Waals surface area (Å²) in [5.41, 5.74) is 0. The Bertz CT molecular complexity index is 404. The second-order valence-corrected chi connectivity index (χ2v) is 6.14. The molecule has 22 heavy (non-hydrogen) atoms. The van der Waals surface area contributed by atoms with Crippen LogP contribution in [0, 0.1) is 5.92 Å². The van der Waals surface area contributed by atoms with E-state index in [9.17, 15) is 22.8 Å². The maximum Gasteiger partial charge on any atom is 0.391 e. The standard InChI is InChI=1S/C15H23F3N2O2/c16-15(17,18)12-6-10-20(11-7-12)14(22)5-3-9-19-8-2-1-4-13(19)21/h12H,1-11H2. The van der Waals surface area contributed by atoms with Crippen molar-refractivity contribution in [1.82, 2.24) is 9.80 Å². The van der Waals surface area contributed by atoms with Gasteiger partial charge in [0.2, 0.25) is 11.8 Å². The van der Waals surface area contributed by atoms with E-state index in [1.165, 1.54) is 4.90 Å². The van der Waals surface area contributed by atoms with Crippen LogP contribution in [0.4, 0.5) is 13.2 Å². The number of carbonyl (C=O) groups is 2. The van der Waals surface area contributed by atoms with E-state index in [0.717, 1.165) is 19.4 Å². The van der Waals surface area contributed by atoms with Crippen LogP contribution in [0.3, 0.4) is 0 Å². The number of hydrogen-bond acceptors (Lipinski definition) is 2. The first-order valence-electron chi connectivity index (χ1n) is 8.00. The molecule has 2 saturated heterocycles. The van der Waals surface area contributed by atoms with Crippen LogP contribution in [0.5, 0.6) is 0 Å². The van der Waals surface area contributed by atoms with Gasteiger partial charge in [0, 0.05) is 39.0 Å². The Morgan fingerprint density at radius 2 is 1.82 bits per heavy atom. The van der Waals surface area contributed by atoms with E-state index < -0.39 is 12.1 Å². The lowest BCUT2D eigenvalue weighted by molar-refractivity contribution is -0.186. The summed E-state index contributed by atoms with van der Waals surface area (Å²) in [5, 5.41) is 0. The van der Waals surface area contributed by atoms with Crippen molar-refractivity contribution in [3.63, 3.8) is 0 Å². The van der Waals surface area contributed by atoms with Gasteiger partial charge in [-0.1, -0.05) is 0 Å². The van der Waals surface area contributed by atoms with Crippen molar-refractivity contribution in [3.8, 4) is 0 Å². The van der Waals surface area contributed by atoms with Crippen LogP contribution in [0.25, 0.3) is 0 Å². The molecule has 0 aromatic carbocycles. The zero-order chi connectivity index (χ0) is 16.2. The number of hydrogen-bond donors (Lipinski definition) is 0. The molecule has 0 aliphatic carbocycles. The van der Waals surface area contributed by atoms with Crippen LogP contribution in [0.15, 0.2) is 0 Å². The lowest BCUT2D eigenvalue weighted by Gasteiger charge is -2.33. The zero-order valence-electron chi connectivity index (χ0n) is 12.7. The van der Waals surface area contributed by atoms with Gasteiger partial charge in [0.1, 0.15) is 0 Å². The molecule has 0 bridgehead atoms. The third kappa shape index (κ3) is 4.61. The third-order valence-electron chi connectivity index (χ3n) is 4.55. The number of rotatable bonds is 4. The topological polar surface area (TPSA) is 40.6 Å². The van der Waals surface area contributed by atoms with E-state index in [1.54, 1.807) is 4.90 Å². The van der Waals surface area contributed by atoms with Crippen molar-refractivity contribution in [2.45, 2.75) is 51.1 Å². The number of piperidine rings is 2. The minimum Gasteiger partial charge on any atom is -0.343 e. The van der Waals surface area contributed by atoms with E-state index in [2.05, 4.69) is 0 Å². The highest BCUT2D eigenvalue weighted by Gasteiger charge is 2.41. The molecule has 0 aromatic rings. The summed E-state index contributed by atoms with van der Waals surface area (Å²) < 4.78 is 37.7. The first-order chi connectivity index (χ1) is 10.4. The molecule has 2 aliphatic rings. The zero-order valence-corrected chi connectivity index (χ0v) is 12.7. The van der Waals surface area contributed by atoms with Crippen LogP contribution in [0.2, 0.25) is 0 Å². The molecule has 2 aliphatic heterocycles. The number of halogens is 3. The summed E-state index contributed by atoms with van der Waals surface area (Å²) in [4.78, 5) is 27.0. The number of alkyl halides is 3. The van der Waals surface area contributed by atoms with Crippen molar-refractivity contribution in [1.29, 1.82) is 0 Å². The molecule has 0 N–H and O–H groups in total. The first-order valence-corrected chi connectivity index (χ1v) is 8.00. The van der Waals surface area contributed by atoms with Crippen molar-refractivity contribution in [2.75, 3.05) is 26.2 Å². The molecule has 0 atom stereocenters. The Balaban J connectivity index is 1.67. The Morgan fingerprint density at radius 1 is 1.14 bits per heavy atom. The molecule has 2 amide bonds. The number of nitrogens with zero attached hydrogens (tertiary/aromatic N) is 2. The van der Waals surface area contributed by atoms with Gasteiger partial charge in [-0.05, 0) is 32.1 Å². The van der Waals surface area contributed by atoms with Gasteiger partial charge < -0.3 is 9.80 Å². The van der Waals surface area contributed by atoms with E-state index in [-0.39, 0.29) is 37.7 Å². The molecule has 126 valence electrons. The van der Waals surface area contributed by atoms with Gasteiger partial charge in [0.15, 0.2) is 0 Å². The van der Waals surface area contributed by atoms with Gasteiger partial charge in [-0.3, -0.25) is 9.59 Å². The fraction of sp³-hybridized carbons (Fsp3) is 0.867. The summed E-state index contributed by atoms with van der Waals surface area (Å²) in [6, 6.07) is 0. The Kier molecular flexibility index (Phi) is 5.69. The summed E-state index contributed by atoms with van der Waals surface area (Å²) in [6.07, 6.45) is -0.736. The average Bonchev–Trinajstić information content (AvgIpc) is 2.48. The number of likely N-dealkylation sites (tertiary alicyclic amines) is 2. The fourth-order valence-corrected chi connectivity index (χ4v) is 3.13. The van der Waals surface area contributed by atoms with Gasteiger partial charge in [-0.25, -0.2) is 0 Å². The molecule has 2 fully saturated rings. The SMILES string of the molecule is O=C1CCCCN1CCCC(=O)N1CCC(C(F)(F)F)CC1. The van der Waals surface area contributed by atoms with Gasteiger partial charge in [-0.2, -0.15) is 13.2 Å². The summed E-state index contributed by atoms with van der Waals surface area (Å²) >= 11 is 0. The molecule has 7 heteroatoms. The van der Waals surface area contributed by atoms with Crippen molar-refractivity contribution < 1.29 is 22.8 Å². The Labute approximate surface area is 128 Å². The molecule has 0 unspecified atom stereocenters. The number of amides is 2. The van der Waals surface area contributed by atoms with Gasteiger partial charge in [-0.15, -0.1) is 0 Å². The fourth-order valence-electron chi connectivity index (χ4n) is 3.13. The second-order valence-electron chi connectivity index (χ2n) is 6.14. The molecule has 0 spiro atoms. The highest BCUT2D eigenvalue weighted by atomic mass is 19.4. The first kappa shape index (κ1) is 17.1. The van der Waals surface area contributed by atoms with Crippen LogP contribution in [-0.4, -0.2) is 54.0 Å². The molecule has 2 rings (SSSR count). The predicted octanol–water partition coefficient (Wildman–Crippen LogP) is 2.58. The van der Waals surface area contributed by atoms with E-state index >= 15 is 0 Å². The highest BCUT2D eigenvalue weighted by Crippen LogP contribution is 2.34. The minimum atomic E-state index is -4.15. The highest BCUT2D eigenvalue weighted by molar-refractivity contribution is 5.77. The molecule has 0 radical (unpaired) electrons. The second kappa shape index (κ2) is 7.33. The van der Waals surface area contributed by atoms with E-state index in [4.69, 9.17) is 0 Å². The largest absolute Gasteiger partial charge is 0.391 e. The normalized spacial score (nSPS) is 21.3.